The Balaban J connectivity index is 2.32. The molecule has 2 amide bonds. The van der Waals surface area contributed by atoms with Crippen LogP contribution in [-0.2, 0) is 9.59 Å². The standard InChI is InChI=1S/C14H21N3O3/c1-17(2)14(19)8-9-15-10-13(18)16-11-6-4-5-7-12(11)20-3/h4-7,15H,8-10H2,1-3H3,(H,16,18). The zero-order valence-electron chi connectivity index (χ0n) is 12.1. The Hall–Kier alpha value is -2.08. The van der Waals surface area contributed by atoms with Crippen molar-refractivity contribution in [1.82, 2.24) is 10.2 Å². The maximum Gasteiger partial charge on any atom is 0.238 e. The molecule has 0 saturated heterocycles. The number of nitrogens with zero attached hydrogens (tertiary/aromatic N) is 1. The number of hydrogen-bond acceptors (Lipinski definition) is 4. The lowest BCUT2D eigenvalue weighted by molar-refractivity contribution is -0.128. The van der Waals surface area contributed by atoms with Crippen molar-refractivity contribution >= 4 is 17.5 Å². The topological polar surface area (TPSA) is 70.7 Å². The maximum absolute atomic E-state index is 11.7. The fourth-order valence-electron chi connectivity index (χ4n) is 1.56. The molecule has 0 heterocycles. The number of hydrogen-bond donors (Lipinski definition) is 2. The van der Waals surface area contributed by atoms with Crippen LogP contribution in [0.3, 0.4) is 0 Å². The average Bonchev–Trinajstić information content (AvgIpc) is 2.43. The van der Waals surface area contributed by atoms with Gasteiger partial charge in [0.1, 0.15) is 5.75 Å². The van der Waals surface area contributed by atoms with Crippen molar-refractivity contribution in [1.29, 1.82) is 0 Å². The molecular weight excluding hydrogens is 258 g/mol. The first-order chi connectivity index (χ1) is 9.54. The van der Waals surface area contributed by atoms with Gasteiger partial charge in [0.05, 0.1) is 19.3 Å². The third kappa shape index (κ3) is 5.27. The lowest BCUT2D eigenvalue weighted by Crippen LogP contribution is -2.32. The summed E-state index contributed by atoms with van der Waals surface area (Å²) in [6, 6.07) is 7.20. The molecule has 0 unspecified atom stereocenters. The second-order valence-electron chi connectivity index (χ2n) is 4.46. The minimum absolute atomic E-state index is 0.0302. The van der Waals surface area contributed by atoms with E-state index in [1.165, 1.54) is 4.90 Å². The molecule has 0 aliphatic carbocycles. The Kier molecular flexibility index (Phi) is 6.52. The summed E-state index contributed by atoms with van der Waals surface area (Å²) < 4.78 is 5.14. The molecule has 1 aromatic carbocycles. The number of para-hydroxylation sites is 2. The highest BCUT2D eigenvalue weighted by Crippen LogP contribution is 2.22. The summed E-state index contributed by atoms with van der Waals surface area (Å²) in [5.41, 5.74) is 0.631. The Morgan fingerprint density at radius 1 is 1.25 bits per heavy atom. The largest absolute Gasteiger partial charge is 0.495 e. The van der Waals surface area contributed by atoms with Crippen molar-refractivity contribution in [2.45, 2.75) is 6.42 Å². The molecule has 2 N–H and O–H groups in total. The highest BCUT2D eigenvalue weighted by atomic mass is 16.5. The Labute approximate surface area is 119 Å². The van der Waals surface area contributed by atoms with E-state index in [1.54, 1.807) is 33.3 Å². The second kappa shape index (κ2) is 8.16. The van der Waals surface area contributed by atoms with Crippen molar-refractivity contribution in [3.8, 4) is 5.75 Å². The summed E-state index contributed by atoms with van der Waals surface area (Å²) >= 11 is 0. The van der Waals surface area contributed by atoms with Crippen LogP contribution in [0.1, 0.15) is 6.42 Å². The van der Waals surface area contributed by atoms with Crippen molar-refractivity contribution in [2.24, 2.45) is 0 Å². The predicted octanol–water partition coefficient (Wildman–Crippen LogP) is 0.702. The molecule has 0 spiro atoms. The van der Waals surface area contributed by atoms with Crippen LogP contribution in [0.15, 0.2) is 24.3 Å². The summed E-state index contributed by atoms with van der Waals surface area (Å²) in [7, 11) is 4.96. The molecule has 0 aromatic heterocycles. The van der Waals surface area contributed by atoms with E-state index in [4.69, 9.17) is 4.74 Å². The Morgan fingerprint density at radius 3 is 2.60 bits per heavy atom. The third-order valence-electron chi connectivity index (χ3n) is 2.68. The monoisotopic (exact) mass is 279 g/mol. The van der Waals surface area contributed by atoms with E-state index in [1.807, 2.05) is 12.1 Å². The number of methoxy groups -OCH3 is 1. The molecule has 1 aromatic rings. The van der Waals surface area contributed by atoms with Gasteiger partial charge in [-0.25, -0.2) is 0 Å². The minimum atomic E-state index is -0.174. The number of rotatable bonds is 7. The van der Waals surface area contributed by atoms with Gasteiger partial charge >= 0.3 is 0 Å². The third-order valence-corrected chi connectivity index (χ3v) is 2.68. The van der Waals surface area contributed by atoms with E-state index in [0.717, 1.165) is 0 Å². The van der Waals surface area contributed by atoms with Crippen LogP contribution in [0.25, 0.3) is 0 Å². The highest BCUT2D eigenvalue weighted by molar-refractivity contribution is 5.93. The molecule has 110 valence electrons. The molecule has 0 atom stereocenters. The van der Waals surface area contributed by atoms with Gasteiger partial charge in [0.25, 0.3) is 0 Å². The summed E-state index contributed by atoms with van der Waals surface area (Å²) in [4.78, 5) is 24.6. The Morgan fingerprint density at radius 2 is 1.95 bits per heavy atom. The number of ether oxygens (including phenoxy) is 1. The molecule has 0 aliphatic heterocycles. The molecule has 1 rings (SSSR count). The lowest BCUT2D eigenvalue weighted by Gasteiger charge is -2.11. The minimum Gasteiger partial charge on any atom is -0.495 e. The van der Waals surface area contributed by atoms with Crippen molar-refractivity contribution in [2.75, 3.05) is 39.6 Å². The number of nitrogens with one attached hydrogen (secondary N) is 2. The van der Waals surface area contributed by atoms with E-state index >= 15 is 0 Å². The summed E-state index contributed by atoms with van der Waals surface area (Å²) in [6.45, 7) is 0.620. The van der Waals surface area contributed by atoms with Crippen LogP contribution in [0.4, 0.5) is 5.69 Å². The molecule has 6 nitrogen and oxygen atoms in total. The van der Waals surface area contributed by atoms with E-state index in [-0.39, 0.29) is 18.4 Å². The molecule has 6 heteroatoms. The molecule has 0 aliphatic rings. The number of benzene rings is 1. The van der Waals surface area contributed by atoms with E-state index in [0.29, 0.717) is 24.4 Å². The number of anilines is 1. The summed E-state index contributed by atoms with van der Waals surface area (Å²) in [5, 5.41) is 5.68. The van der Waals surface area contributed by atoms with Crippen LogP contribution < -0.4 is 15.4 Å². The highest BCUT2D eigenvalue weighted by Gasteiger charge is 2.07. The van der Waals surface area contributed by atoms with Gasteiger partial charge < -0.3 is 20.3 Å². The molecule has 20 heavy (non-hydrogen) atoms. The number of amides is 2. The first-order valence-corrected chi connectivity index (χ1v) is 6.38. The predicted molar refractivity (Wildman–Crippen MR) is 77.8 cm³/mol. The Bertz CT molecular complexity index is 461. The van der Waals surface area contributed by atoms with Crippen LogP contribution in [0.5, 0.6) is 5.75 Å². The quantitative estimate of drug-likeness (QED) is 0.721. The summed E-state index contributed by atoms with van der Waals surface area (Å²) in [6.07, 6.45) is 0.370. The molecule has 0 fully saturated rings. The van der Waals surface area contributed by atoms with Crippen molar-refractivity contribution < 1.29 is 14.3 Å². The van der Waals surface area contributed by atoms with Crippen LogP contribution in [-0.4, -0.2) is 51.0 Å². The van der Waals surface area contributed by atoms with Gasteiger partial charge in [-0.3, -0.25) is 9.59 Å². The first kappa shape index (κ1) is 16.0. The van der Waals surface area contributed by atoms with Gasteiger partial charge in [0.2, 0.25) is 11.8 Å². The van der Waals surface area contributed by atoms with Gasteiger partial charge in [-0.2, -0.15) is 0 Å². The molecule has 0 bridgehead atoms. The van der Waals surface area contributed by atoms with E-state index < -0.39 is 0 Å². The average molecular weight is 279 g/mol. The van der Waals surface area contributed by atoms with Crippen LogP contribution in [0.2, 0.25) is 0 Å². The lowest BCUT2D eigenvalue weighted by atomic mass is 10.3. The first-order valence-electron chi connectivity index (χ1n) is 6.38. The van der Waals surface area contributed by atoms with Crippen molar-refractivity contribution in [3.05, 3.63) is 24.3 Å². The van der Waals surface area contributed by atoms with E-state index in [9.17, 15) is 9.59 Å². The van der Waals surface area contributed by atoms with Crippen molar-refractivity contribution in [3.63, 3.8) is 0 Å². The van der Waals surface area contributed by atoms with Crippen LogP contribution >= 0.6 is 0 Å². The second-order valence-corrected chi connectivity index (χ2v) is 4.46. The normalized spacial score (nSPS) is 9.95. The molecule has 0 radical (unpaired) electrons. The van der Waals surface area contributed by atoms with Crippen LogP contribution in [0, 0.1) is 0 Å². The van der Waals surface area contributed by atoms with E-state index in [2.05, 4.69) is 10.6 Å². The SMILES string of the molecule is COc1ccccc1NC(=O)CNCCC(=O)N(C)C. The number of carbonyl (C=O) groups excluding carboxylic acids is 2. The number of carbonyl (C=O) groups is 2. The van der Waals surface area contributed by atoms with Gasteiger partial charge in [-0.1, -0.05) is 12.1 Å². The fraction of sp³-hybridized carbons (Fsp3) is 0.429. The zero-order valence-corrected chi connectivity index (χ0v) is 12.1. The van der Waals surface area contributed by atoms with Gasteiger partial charge in [-0.05, 0) is 12.1 Å². The smallest absolute Gasteiger partial charge is 0.238 e. The summed E-state index contributed by atoms with van der Waals surface area (Å²) in [5.74, 6) is 0.470. The molecule has 0 saturated carbocycles. The van der Waals surface area contributed by atoms with Gasteiger partial charge in [0, 0.05) is 27.1 Å². The fourth-order valence-corrected chi connectivity index (χ4v) is 1.56. The van der Waals surface area contributed by atoms with Gasteiger partial charge in [-0.15, -0.1) is 0 Å². The van der Waals surface area contributed by atoms with Gasteiger partial charge in [0.15, 0.2) is 0 Å². The zero-order chi connectivity index (χ0) is 15.0. The maximum atomic E-state index is 11.7. The molecular formula is C14H21N3O3.